The molecule has 106 valence electrons. The molecule has 0 radical (unpaired) electrons. The van der Waals surface area contributed by atoms with Crippen LogP contribution in [0, 0.1) is 0 Å². The maximum atomic E-state index is 11.5. The topological polar surface area (TPSA) is 69.7 Å². The predicted octanol–water partition coefficient (Wildman–Crippen LogP) is 1.71. The lowest BCUT2D eigenvalue weighted by atomic mass is 10.1. The van der Waals surface area contributed by atoms with E-state index in [0.29, 0.717) is 17.9 Å². The average molecular weight is 268 g/mol. The Bertz CT molecular complexity index is 446. The molecule has 0 aromatic carbocycles. The third-order valence-corrected chi connectivity index (χ3v) is 2.71. The summed E-state index contributed by atoms with van der Waals surface area (Å²) in [4.78, 5) is 15.7. The molecule has 0 fully saturated rings. The Hall–Kier alpha value is -1.82. The molecule has 0 atom stereocenters. The first-order valence-corrected chi connectivity index (χ1v) is 5.86. The van der Waals surface area contributed by atoms with Gasteiger partial charge in [-0.25, -0.2) is 4.79 Å². The smallest absolute Gasteiger partial charge is 0.343 e. The Balaban J connectivity index is 2.86. The van der Waals surface area contributed by atoms with E-state index >= 15 is 0 Å². The van der Waals surface area contributed by atoms with Crippen LogP contribution in [0.25, 0.3) is 0 Å². The molecular formula is C13H20N2O4. The van der Waals surface area contributed by atoms with Crippen LogP contribution in [0.2, 0.25) is 0 Å². The highest BCUT2D eigenvalue weighted by atomic mass is 16.5. The normalized spacial score (nSPS) is 11.0. The number of hydrogen-bond acceptors (Lipinski definition) is 6. The fourth-order valence-electron chi connectivity index (χ4n) is 1.34. The second-order valence-electron chi connectivity index (χ2n) is 4.56. The summed E-state index contributed by atoms with van der Waals surface area (Å²) in [6.07, 6.45) is 0. The van der Waals surface area contributed by atoms with Crippen molar-refractivity contribution in [2.24, 2.45) is 0 Å². The third kappa shape index (κ3) is 4.10. The van der Waals surface area contributed by atoms with Gasteiger partial charge in [-0.2, -0.15) is 4.98 Å². The van der Waals surface area contributed by atoms with Crippen molar-refractivity contribution in [3.8, 4) is 5.88 Å². The second-order valence-corrected chi connectivity index (χ2v) is 4.56. The molecule has 1 heterocycles. The number of nitrogens with zero attached hydrogens (tertiary/aromatic N) is 1. The first-order valence-electron chi connectivity index (χ1n) is 5.86. The highest BCUT2D eigenvalue weighted by molar-refractivity contribution is 5.92. The van der Waals surface area contributed by atoms with Gasteiger partial charge in [0, 0.05) is 13.7 Å². The Morgan fingerprint density at radius 2 is 2.00 bits per heavy atom. The summed E-state index contributed by atoms with van der Waals surface area (Å²) in [5.41, 5.74) is -0.0165. The first-order chi connectivity index (χ1) is 8.93. The number of aromatic nitrogens is 1. The molecule has 0 amide bonds. The van der Waals surface area contributed by atoms with Crippen LogP contribution in [0.3, 0.4) is 0 Å². The van der Waals surface area contributed by atoms with E-state index in [2.05, 4.69) is 15.0 Å². The molecule has 19 heavy (non-hydrogen) atoms. The van der Waals surface area contributed by atoms with E-state index in [0.717, 1.165) is 0 Å². The van der Waals surface area contributed by atoms with Crippen molar-refractivity contribution in [1.29, 1.82) is 0 Å². The van der Waals surface area contributed by atoms with Gasteiger partial charge in [0.2, 0.25) is 5.88 Å². The monoisotopic (exact) mass is 268 g/mol. The SMILES string of the molecule is COC(=O)c1ccc(NCC(C)(C)OC)nc1OC. The number of pyridine rings is 1. The molecule has 0 saturated carbocycles. The fraction of sp³-hybridized carbons (Fsp3) is 0.538. The zero-order valence-electron chi connectivity index (χ0n) is 11.9. The van der Waals surface area contributed by atoms with Gasteiger partial charge in [0.25, 0.3) is 0 Å². The van der Waals surface area contributed by atoms with E-state index in [-0.39, 0.29) is 11.5 Å². The molecule has 0 aliphatic carbocycles. The lowest BCUT2D eigenvalue weighted by Gasteiger charge is -2.23. The van der Waals surface area contributed by atoms with Crippen LogP contribution in [0.5, 0.6) is 5.88 Å². The number of hydrogen-bond donors (Lipinski definition) is 1. The molecule has 0 aliphatic heterocycles. The van der Waals surface area contributed by atoms with E-state index in [1.54, 1.807) is 19.2 Å². The minimum Gasteiger partial charge on any atom is -0.480 e. The van der Waals surface area contributed by atoms with Crippen LogP contribution in [0.15, 0.2) is 12.1 Å². The van der Waals surface area contributed by atoms with E-state index in [9.17, 15) is 4.79 Å². The summed E-state index contributed by atoms with van der Waals surface area (Å²) in [6.45, 7) is 4.50. The molecule has 1 rings (SSSR count). The van der Waals surface area contributed by atoms with Crippen LogP contribution in [0.1, 0.15) is 24.2 Å². The highest BCUT2D eigenvalue weighted by Crippen LogP contribution is 2.20. The van der Waals surface area contributed by atoms with Gasteiger partial charge in [-0.05, 0) is 26.0 Å². The number of rotatable bonds is 6. The lowest BCUT2D eigenvalue weighted by Crippen LogP contribution is -2.32. The zero-order valence-corrected chi connectivity index (χ0v) is 11.9. The molecule has 0 unspecified atom stereocenters. The summed E-state index contributed by atoms with van der Waals surface area (Å²) < 4.78 is 15.0. The molecule has 0 saturated heterocycles. The quantitative estimate of drug-likeness (QED) is 0.792. The van der Waals surface area contributed by atoms with Crippen molar-refractivity contribution in [3.05, 3.63) is 17.7 Å². The second kappa shape index (κ2) is 6.38. The molecule has 6 heteroatoms. The highest BCUT2D eigenvalue weighted by Gasteiger charge is 2.18. The largest absolute Gasteiger partial charge is 0.480 e. The molecule has 1 N–H and O–H groups in total. The molecule has 0 bridgehead atoms. The number of ether oxygens (including phenoxy) is 3. The summed E-state index contributed by atoms with van der Waals surface area (Å²) in [6, 6.07) is 3.31. The number of carbonyl (C=O) groups excluding carboxylic acids is 1. The summed E-state index contributed by atoms with van der Waals surface area (Å²) in [7, 11) is 4.42. The summed E-state index contributed by atoms with van der Waals surface area (Å²) >= 11 is 0. The Labute approximate surface area is 113 Å². The van der Waals surface area contributed by atoms with Gasteiger partial charge in [-0.1, -0.05) is 0 Å². The van der Waals surface area contributed by atoms with E-state index in [1.807, 2.05) is 13.8 Å². The van der Waals surface area contributed by atoms with Crippen LogP contribution in [0.4, 0.5) is 5.82 Å². The van der Waals surface area contributed by atoms with Gasteiger partial charge >= 0.3 is 5.97 Å². The minimum absolute atomic E-state index is 0.229. The lowest BCUT2D eigenvalue weighted by molar-refractivity contribution is 0.0343. The average Bonchev–Trinajstić information content (AvgIpc) is 2.44. The molecule has 1 aromatic heterocycles. The van der Waals surface area contributed by atoms with Crippen LogP contribution < -0.4 is 10.1 Å². The number of methoxy groups -OCH3 is 3. The van der Waals surface area contributed by atoms with Gasteiger partial charge < -0.3 is 19.5 Å². The fourth-order valence-corrected chi connectivity index (χ4v) is 1.34. The van der Waals surface area contributed by atoms with E-state index in [1.165, 1.54) is 14.2 Å². The third-order valence-electron chi connectivity index (χ3n) is 2.71. The van der Waals surface area contributed by atoms with Gasteiger partial charge in [-0.3, -0.25) is 0 Å². The van der Waals surface area contributed by atoms with Gasteiger partial charge in [0.05, 0.1) is 19.8 Å². The number of esters is 1. The molecule has 0 spiro atoms. The Kier molecular flexibility index (Phi) is 5.11. The van der Waals surface area contributed by atoms with Crippen molar-refractivity contribution in [2.75, 3.05) is 33.2 Å². The maximum absolute atomic E-state index is 11.5. The zero-order chi connectivity index (χ0) is 14.5. The number of nitrogens with one attached hydrogen (secondary N) is 1. The standard InChI is InChI=1S/C13H20N2O4/c1-13(2,19-5)8-14-10-7-6-9(12(16)18-4)11(15-10)17-3/h6-7H,8H2,1-5H3,(H,14,15). The van der Waals surface area contributed by atoms with Crippen molar-refractivity contribution < 1.29 is 19.0 Å². The van der Waals surface area contributed by atoms with Gasteiger partial charge in [-0.15, -0.1) is 0 Å². The predicted molar refractivity (Wildman–Crippen MR) is 71.7 cm³/mol. The first kappa shape index (κ1) is 15.2. The van der Waals surface area contributed by atoms with E-state index in [4.69, 9.17) is 9.47 Å². The van der Waals surface area contributed by atoms with Crippen molar-refractivity contribution >= 4 is 11.8 Å². The maximum Gasteiger partial charge on any atom is 0.343 e. The molecule has 1 aromatic rings. The van der Waals surface area contributed by atoms with Crippen LogP contribution in [-0.4, -0.2) is 44.4 Å². The molecule has 6 nitrogen and oxygen atoms in total. The molecule has 0 aliphatic rings. The molecular weight excluding hydrogens is 248 g/mol. The summed E-state index contributed by atoms with van der Waals surface area (Å²) in [5.74, 6) is 0.356. The van der Waals surface area contributed by atoms with Crippen LogP contribution >= 0.6 is 0 Å². The Morgan fingerprint density at radius 3 is 2.53 bits per heavy atom. The van der Waals surface area contributed by atoms with Crippen molar-refractivity contribution in [2.45, 2.75) is 19.4 Å². The van der Waals surface area contributed by atoms with Crippen molar-refractivity contribution in [3.63, 3.8) is 0 Å². The van der Waals surface area contributed by atoms with Gasteiger partial charge in [0.15, 0.2) is 0 Å². The minimum atomic E-state index is -0.479. The Morgan fingerprint density at radius 1 is 1.32 bits per heavy atom. The van der Waals surface area contributed by atoms with Gasteiger partial charge in [0.1, 0.15) is 11.4 Å². The number of carbonyl (C=O) groups is 1. The van der Waals surface area contributed by atoms with Crippen LogP contribution in [-0.2, 0) is 9.47 Å². The van der Waals surface area contributed by atoms with Crippen molar-refractivity contribution in [1.82, 2.24) is 4.98 Å². The summed E-state index contributed by atoms with van der Waals surface area (Å²) in [5, 5.41) is 3.13. The van der Waals surface area contributed by atoms with E-state index < -0.39 is 5.97 Å². The number of anilines is 1.